The van der Waals surface area contributed by atoms with Crippen molar-refractivity contribution in [3.05, 3.63) is 23.3 Å². The van der Waals surface area contributed by atoms with E-state index in [1.165, 1.54) is 32.1 Å². The predicted octanol–water partition coefficient (Wildman–Crippen LogP) is 2.67. The molecule has 0 atom stereocenters. The normalized spacial score (nSPS) is 19.6. The number of hydrogen-bond acceptors (Lipinski definition) is 4. The van der Waals surface area contributed by atoms with Crippen molar-refractivity contribution in [1.82, 2.24) is 15.3 Å². The Hall–Kier alpha value is -1.29. The maximum absolute atomic E-state index is 12.4. The van der Waals surface area contributed by atoms with Crippen molar-refractivity contribution in [2.24, 2.45) is 5.92 Å². The average molecular weight is 273 g/mol. The minimum Gasteiger partial charge on any atom is -0.311 e. The van der Waals surface area contributed by atoms with E-state index in [9.17, 15) is 4.79 Å². The van der Waals surface area contributed by atoms with Crippen molar-refractivity contribution in [2.75, 3.05) is 6.54 Å². The van der Waals surface area contributed by atoms with Crippen LogP contribution in [0.15, 0.2) is 6.33 Å². The summed E-state index contributed by atoms with van der Waals surface area (Å²) in [5.41, 5.74) is 2.78. The van der Waals surface area contributed by atoms with Gasteiger partial charge in [0.05, 0.1) is 5.69 Å². The summed E-state index contributed by atoms with van der Waals surface area (Å²) in [6.45, 7) is 1.68. The highest BCUT2D eigenvalue weighted by Crippen LogP contribution is 2.28. The van der Waals surface area contributed by atoms with E-state index in [-0.39, 0.29) is 5.78 Å². The monoisotopic (exact) mass is 273 g/mol. The molecule has 2 heterocycles. The van der Waals surface area contributed by atoms with Crippen molar-refractivity contribution in [3.8, 4) is 0 Å². The first-order valence-electron chi connectivity index (χ1n) is 7.91. The second-order valence-corrected chi connectivity index (χ2v) is 6.04. The van der Waals surface area contributed by atoms with Gasteiger partial charge in [-0.05, 0) is 25.3 Å². The zero-order valence-corrected chi connectivity index (χ0v) is 12.0. The highest BCUT2D eigenvalue weighted by atomic mass is 16.1. The molecule has 0 spiro atoms. The summed E-state index contributed by atoms with van der Waals surface area (Å²) in [4.78, 5) is 21.0. The molecule has 0 aromatic carbocycles. The van der Waals surface area contributed by atoms with Crippen LogP contribution < -0.4 is 5.32 Å². The molecule has 4 heteroatoms. The molecule has 0 amide bonds. The van der Waals surface area contributed by atoms with Crippen molar-refractivity contribution in [3.63, 3.8) is 0 Å². The van der Waals surface area contributed by atoms with Gasteiger partial charge < -0.3 is 5.32 Å². The number of aromatic nitrogens is 2. The van der Waals surface area contributed by atoms with Crippen LogP contribution in [-0.2, 0) is 13.0 Å². The molecule has 0 unspecified atom stereocenters. The molecule has 20 heavy (non-hydrogen) atoms. The third kappa shape index (κ3) is 3.06. The summed E-state index contributed by atoms with van der Waals surface area (Å²) in [6, 6.07) is 0. The molecule has 4 nitrogen and oxygen atoms in total. The van der Waals surface area contributed by atoms with Crippen molar-refractivity contribution >= 4 is 5.78 Å². The third-order valence-corrected chi connectivity index (χ3v) is 4.65. The van der Waals surface area contributed by atoms with E-state index >= 15 is 0 Å². The summed E-state index contributed by atoms with van der Waals surface area (Å²) >= 11 is 0. The van der Waals surface area contributed by atoms with E-state index in [1.807, 2.05) is 0 Å². The Morgan fingerprint density at radius 1 is 1.25 bits per heavy atom. The lowest BCUT2D eigenvalue weighted by molar-refractivity contribution is 0.0963. The molecule has 1 aromatic heterocycles. The lowest BCUT2D eigenvalue weighted by atomic mass is 9.85. The topological polar surface area (TPSA) is 54.9 Å². The van der Waals surface area contributed by atoms with Gasteiger partial charge in [0.25, 0.3) is 0 Å². The fourth-order valence-electron chi connectivity index (χ4n) is 3.45. The van der Waals surface area contributed by atoms with Crippen molar-refractivity contribution in [1.29, 1.82) is 0 Å². The maximum Gasteiger partial charge on any atom is 0.181 e. The molecule has 1 fully saturated rings. The number of nitrogens with one attached hydrogen (secondary N) is 1. The fraction of sp³-hybridized carbons (Fsp3) is 0.688. The van der Waals surface area contributed by atoms with Crippen LogP contribution in [0.3, 0.4) is 0 Å². The SMILES string of the molecule is O=C(CCC1CCCCC1)c1ncnc2c1CCNC2. The van der Waals surface area contributed by atoms with Gasteiger partial charge >= 0.3 is 0 Å². The Balaban J connectivity index is 1.64. The van der Waals surface area contributed by atoms with E-state index in [4.69, 9.17) is 0 Å². The number of ketones is 1. The number of Topliss-reactive ketones (excluding diaryl/α,β-unsaturated/α-hetero) is 1. The highest BCUT2D eigenvalue weighted by Gasteiger charge is 2.21. The molecule has 0 saturated heterocycles. The number of fused-ring (bicyclic) bond motifs is 1. The summed E-state index contributed by atoms with van der Waals surface area (Å²) in [5, 5.41) is 3.29. The van der Waals surface area contributed by atoms with E-state index in [0.29, 0.717) is 12.1 Å². The summed E-state index contributed by atoms with van der Waals surface area (Å²) < 4.78 is 0. The van der Waals surface area contributed by atoms with E-state index in [1.54, 1.807) is 6.33 Å². The first-order chi connectivity index (χ1) is 9.84. The van der Waals surface area contributed by atoms with Gasteiger partial charge in [-0.25, -0.2) is 9.97 Å². The van der Waals surface area contributed by atoms with Crippen LogP contribution in [0.5, 0.6) is 0 Å². The van der Waals surface area contributed by atoms with Crippen LogP contribution in [-0.4, -0.2) is 22.3 Å². The quantitative estimate of drug-likeness (QED) is 0.857. The van der Waals surface area contributed by atoms with Crippen LogP contribution in [0.4, 0.5) is 0 Å². The zero-order chi connectivity index (χ0) is 13.8. The lowest BCUT2D eigenvalue weighted by Gasteiger charge is -2.21. The van der Waals surface area contributed by atoms with E-state index in [2.05, 4.69) is 15.3 Å². The molecule has 1 aliphatic carbocycles. The van der Waals surface area contributed by atoms with E-state index < -0.39 is 0 Å². The van der Waals surface area contributed by atoms with Gasteiger partial charge in [-0.3, -0.25) is 4.79 Å². The average Bonchev–Trinajstić information content (AvgIpc) is 2.53. The highest BCUT2D eigenvalue weighted by molar-refractivity contribution is 5.95. The van der Waals surface area contributed by atoms with Gasteiger partial charge in [0.2, 0.25) is 0 Å². The minimum absolute atomic E-state index is 0.219. The minimum atomic E-state index is 0.219. The van der Waals surface area contributed by atoms with E-state index in [0.717, 1.165) is 43.1 Å². The molecule has 0 radical (unpaired) electrons. The van der Waals surface area contributed by atoms with Gasteiger partial charge in [0, 0.05) is 18.5 Å². The summed E-state index contributed by atoms with van der Waals surface area (Å²) in [6.07, 6.45) is 10.8. The van der Waals surface area contributed by atoms with Gasteiger partial charge in [0.15, 0.2) is 5.78 Å². The van der Waals surface area contributed by atoms with Crippen LogP contribution in [0.1, 0.15) is 66.7 Å². The molecule has 1 aliphatic heterocycles. The van der Waals surface area contributed by atoms with Gasteiger partial charge in [-0.15, -0.1) is 0 Å². The third-order valence-electron chi connectivity index (χ3n) is 4.65. The Morgan fingerprint density at radius 3 is 2.95 bits per heavy atom. The number of rotatable bonds is 4. The van der Waals surface area contributed by atoms with Crippen molar-refractivity contribution < 1.29 is 4.79 Å². The summed E-state index contributed by atoms with van der Waals surface area (Å²) in [5.74, 6) is 0.975. The molecule has 1 saturated carbocycles. The van der Waals surface area contributed by atoms with Crippen LogP contribution >= 0.6 is 0 Å². The second kappa shape index (κ2) is 6.44. The summed E-state index contributed by atoms with van der Waals surface area (Å²) in [7, 11) is 0. The molecule has 1 N–H and O–H groups in total. The van der Waals surface area contributed by atoms with Gasteiger partial charge in [0.1, 0.15) is 12.0 Å². The Labute approximate surface area is 120 Å². The lowest BCUT2D eigenvalue weighted by Crippen LogP contribution is -2.27. The first-order valence-corrected chi connectivity index (χ1v) is 7.91. The number of nitrogens with zero attached hydrogens (tertiary/aromatic N) is 2. The van der Waals surface area contributed by atoms with Gasteiger partial charge in [-0.2, -0.15) is 0 Å². The molecular weight excluding hydrogens is 250 g/mol. The number of carbonyl (C=O) groups excluding carboxylic acids is 1. The Morgan fingerprint density at radius 2 is 2.10 bits per heavy atom. The standard InChI is InChI=1S/C16H23N3O/c20-15(7-6-12-4-2-1-3-5-12)16-13-8-9-17-10-14(13)18-11-19-16/h11-12,17H,1-10H2. The Kier molecular flexibility index (Phi) is 4.41. The molecule has 2 aliphatic rings. The van der Waals surface area contributed by atoms with Crippen molar-refractivity contribution in [2.45, 2.75) is 57.9 Å². The fourth-order valence-corrected chi connectivity index (χ4v) is 3.45. The zero-order valence-electron chi connectivity index (χ0n) is 12.0. The molecular formula is C16H23N3O. The largest absolute Gasteiger partial charge is 0.311 e. The number of carbonyl (C=O) groups is 1. The maximum atomic E-state index is 12.4. The molecule has 108 valence electrons. The molecule has 3 rings (SSSR count). The predicted molar refractivity (Wildman–Crippen MR) is 77.6 cm³/mol. The van der Waals surface area contributed by atoms with Crippen LogP contribution in [0.25, 0.3) is 0 Å². The molecule has 0 bridgehead atoms. The van der Waals surface area contributed by atoms with Crippen LogP contribution in [0.2, 0.25) is 0 Å². The number of hydrogen-bond donors (Lipinski definition) is 1. The smallest absolute Gasteiger partial charge is 0.181 e. The second-order valence-electron chi connectivity index (χ2n) is 6.04. The van der Waals surface area contributed by atoms with Gasteiger partial charge in [-0.1, -0.05) is 32.1 Å². The molecule has 1 aromatic rings. The van der Waals surface area contributed by atoms with Crippen LogP contribution in [0, 0.1) is 5.92 Å². The first kappa shape index (κ1) is 13.7. The Bertz CT molecular complexity index is 481.